The van der Waals surface area contributed by atoms with E-state index in [4.69, 9.17) is 20.9 Å². The molecule has 0 fully saturated rings. The van der Waals surface area contributed by atoms with Gasteiger partial charge in [0.25, 0.3) is 17.5 Å². The van der Waals surface area contributed by atoms with Gasteiger partial charge in [-0.15, -0.1) is 0 Å². The minimum atomic E-state index is -2.82. The number of aromatic nitrogens is 4. The number of hydrogen-bond donors (Lipinski definition) is 2. The zero-order valence-electron chi connectivity index (χ0n) is 33.5. The highest BCUT2D eigenvalue weighted by Gasteiger charge is 2.20. The van der Waals surface area contributed by atoms with Gasteiger partial charge in [0.15, 0.2) is 0 Å². The second-order valence-corrected chi connectivity index (χ2v) is 15.5. The maximum absolute atomic E-state index is 13.5. The Morgan fingerprint density at radius 3 is 1.97 bits per heavy atom. The van der Waals surface area contributed by atoms with Crippen molar-refractivity contribution in [2.45, 2.75) is 59.0 Å². The number of benzene rings is 3. The van der Waals surface area contributed by atoms with E-state index in [1.807, 2.05) is 18.2 Å². The predicted octanol–water partition coefficient (Wildman–Crippen LogP) is 8.42. The van der Waals surface area contributed by atoms with E-state index in [9.17, 15) is 22.8 Å². The number of nitrogens with zero attached hydrogens (tertiary/aromatic N) is 4. The summed E-state index contributed by atoms with van der Waals surface area (Å²) in [7, 11) is 3.30. The minimum absolute atomic E-state index is 0.0462. The quantitative estimate of drug-likeness (QED) is 0.118. The number of halogens is 3. The van der Waals surface area contributed by atoms with Crippen LogP contribution in [0.5, 0.6) is 11.5 Å². The molecule has 4 N–H and O–H groups in total. The molecule has 0 spiro atoms. The smallest absolute Gasteiger partial charge is 0.281 e. The third kappa shape index (κ3) is 9.00. The summed E-state index contributed by atoms with van der Waals surface area (Å²) >= 11 is 0. The number of fused-ring (bicyclic) bond motifs is 6. The standard InChI is InChI=1S/C25H26FN3O2.C20H23F2N3O2/c1-15(2)10-18(27)14-31-24-12-23-21(11-20(24)16-4-6-17(26)7-5-16)19-8-9-28-13-22(19)25(30)29(23)3;1-11(2)8-12(23)10-27-13-4-5-14-15-6-7-24-18(19(21)22)17(15)20(26)25(3)16(14)9-13/h4-9,11-13,15,18H,10,14,27H2,1-3H3;4-7,9,11-12,19H,8,10,23H2,1-3H3/t18-;12-/m00/s1. The summed E-state index contributed by atoms with van der Waals surface area (Å²) in [6.07, 6.45) is 3.44. The second kappa shape index (κ2) is 17.8. The number of nitrogens with two attached hydrogens (primary N) is 2. The van der Waals surface area contributed by atoms with Crippen LogP contribution < -0.4 is 32.1 Å². The van der Waals surface area contributed by atoms with Gasteiger partial charge in [0.2, 0.25) is 0 Å². The van der Waals surface area contributed by atoms with E-state index in [1.54, 1.807) is 67.5 Å². The molecule has 0 saturated heterocycles. The van der Waals surface area contributed by atoms with Gasteiger partial charge >= 0.3 is 0 Å². The largest absolute Gasteiger partial charge is 0.492 e. The van der Waals surface area contributed by atoms with Crippen LogP contribution in [0.1, 0.15) is 52.7 Å². The van der Waals surface area contributed by atoms with Gasteiger partial charge in [-0.2, -0.15) is 0 Å². The first kappa shape index (κ1) is 41.8. The van der Waals surface area contributed by atoms with Gasteiger partial charge < -0.3 is 30.1 Å². The third-order valence-electron chi connectivity index (χ3n) is 10.1. The lowest BCUT2D eigenvalue weighted by Gasteiger charge is -2.19. The van der Waals surface area contributed by atoms with Crippen LogP contribution in [0, 0.1) is 17.7 Å². The molecule has 4 heterocycles. The average molecular weight is 795 g/mol. The Labute approximate surface area is 334 Å². The van der Waals surface area contributed by atoms with Crippen molar-refractivity contribution in [1.29, 1.82) is 0 Å². The predicted molar refractivity (Wildman–Crippen MR) is 225 cm³/mol. The van der Waals surface area contributed by atoms with E-state index >= 15 is 0 Å². The first-order valence-corrected chi connectivity index (χ1v) is 19.3. The van der Waals surface area contributed by atoms with Gasteiger partial charge in [0, 0.05) is 78.6 Å². The van der Waals surface area contributed by atoms with Crippen LogP contribution in [0.15, 0.2) is 94.9 Å². The molecule has 0 aliphatic rings. The molecule has 58 heavy (non-hydrogen) atoms. The van der Waals surface area contributed by atoms with Crippen molar-refractivity contribution in [3.8, 4) is 22.6 Å². The Kier molecular flexibility index (Phi) is 12.8. The molecule has 7 rings (SSSR count). The number of pyridine rings is 4. The fourth-order valence-electron chi connectivity index (χ4n) is 7.35. The monoisotopic (exact) mass is 794 g/mol. The van der Waals surface area contributed by atoms with E-state index in [0.29, 0.717) is 58.2 Å². The molecular weight excluding hydrogens is 746 g/mol. The summed E-state index contributed by atoms with van der Waals surface area (Å²) < 4.78 is 55.0. The van der Waals surface area contributed by atoms with E-state index in [1.165, 1.54) is 22.9 Å². The van der Waals surface area contributed by atoms with Gasteiger partial charge in [-0.05, 0) is 78.1 Å². The highest BCUT2D eigenvalue weighted by molar-refractivity contribution is 6.08. The van der Waals surface area contributed by atoms with Gasteiger partial charge in [-0.25, -0.2) is 13.2 Å². The van der Waals surface area contributed by atoms with Gasteiger partial charge in [-0.1, -0.05) is 39.8 Å². The first-order chi connectivity index (χ1) is 27.6. The third-order valence-corrected chi connectivity index (χ3v) is 10.1. The topological polar surface area (TPSA) is 140 Å². The van der Waals surface area contributed by atoms with Crippen molar-refractivity contribution in [3.05, 3.63) is 118 Å². The second-order valence-electron chi connectivity index (χ2n) is 15.5. The molecule has 0 saturated carbocycles. The highest BCUT2D eigenvalue weighted by atomic mass is 19.3. The van der Waals surface area contributed by atoms with Gasteiger partial charge in [-0.3, -0.25) is 19.6 Å². The van der Waals surface area contributed by atoms with Crippen molar-refractivity contribution in [2.75, 3.05) is 13.2 Å². The van der Waals surface area contributed by atoms with Crippen LogP contribution in [0.3, 0.4) is 0 Å². The molecule has 7 aromatic rings. The molecule has 3 aromatic carbocycles. The molecular formula is C45H49F3N6O4. The van der Waals surface area contributed by atoms with Gasteiger partial charge in [0.05, 0.1) is 21.8 Å². The molecule has 0 aliphatic carbocycles. The van der Waals surface area contributed by atoms with Crippen LogP contribution >= 0.6 is 0 Å². The van der Waals surface area contributed by atoms with Crippen LogP contribution in [-0.4, -0.2) is 44.4 Å². The zero-order chi connectivity index (χ0) is 41.8. The summed E-state index contributed by atoms with van der Waals surface area (Å²) in [6, 6.07) is 18.7. The number of aryl methyl sites for hydroxylation is 2. The number of alkyl halides is 2. The molecule has 10 nitrogen and oxygen atoms in total. The van der Waals surface area contributed by atoms with Gasteiger partial charge in [0.1, 0.15) is 36.2 Å². The normalized spacial score (nSPS) is 12.8. The number of rotatable bonds is 12. The Morgan fingerprint density at radius 1 is 0.690 bits per heavy atom. The molecule has 4 aromatic heterocycles. The molecule has 304 valence electrons. The summed E-state index contributed by atoms with van der Waals surface area (Å²) in [5.41, 5.74) is 14.2. The summed E-state index contributed by atoms with van der Waals surface area (Å²) in [5, 5.41) is 3.37. The minimum Gasteiger partial charge on any atom is -0.492 e. The lowest BCUT2D eigenvalue weighted by Crippen LogP contribution is -2.29. The van der Waals surface area contributed by atoms with Crippen molar-refractivity contribution < 1.29 is 22.6 Å². The fourth-order valence-corrected chi connectivity index (χ4v) is 7.35. The van der Waals surface area contributed by atoms with E-state index in [2.05, 4.69) is 37.7 Å². The Balaban J connectivity index is 0.000000198. The molecule has 0 unspecified atom stereocenters. The van der Waals surface area contributed by atoms with Crippen molar-refractivity contribution >= 4 is 43.4 Å². The maximum atomic E-state index is 13.5. The van der Waals surface area contributed by atoms with Crippen molar-refractivity contribution in [3.63, 3.8) is 0 Å². The van der Waals surface area contributed by atoms with Crippen molar-refractivity contribution in [2.24, 2.45) is 37.4 Å². The average Bonchev–Trinajstić information content (AvgIpc) is 3.19. The lowest BCUT2D eigenvalue weighted by molar-refractivity contribution is 0.148. The fraction of sp³-hybridized carbons (Fsp3) is 0.333. The molecule has 0 bridgehead atoms. The van der Waals surface area contributed by atoms with E-state index < -0.39 is 17.7 Å². The van der Waals surface area contributed by atoms with Crippen LogP contribution in [0.25, 0.3) is 54.5 Å². The van der Waals surface area contributed by atoms with Crippen LogP contribution in [-0.2, 0) is 14.1 Å². The van der Waals surface area contributed by atoms with Crippen LogP contribution in [0.4, 0.5) is 13.2 Å². The Hall–Kier alpha value is -5.79. The number of ether oxygens (including phenoxy) is 2. The summed E-state index contributed by atoms with van der Waals surface area (Å²) in [6.45, 7) is 9.15. The summed E-state index contributed by atoms with van der Waals surface area (Å²) in [4.78, 5) is 33.4. The molecule has 0 aliphatic heterocycles. The maximum Gasteiger partial charge on any atom is 0.281 e. The van der Waals surface area contributed by atoms with Crippen LogP contribution in [0.2, 0.25) is 0 Å². The lowest BCUT2D eigenvalue weighted by atomic mass is 9.99. The van der Waals surface area contributed by atoms with E-state index in [-0.39, 0.29) is 28.8 Å². The SMILES string of the molecule is CC(C)C[C@H](N)COc1cc2c(cc1-c1ccc(F)cc1)c1ccncc1c(=O)n2C.CC(C)C[C@H](N)COc1ccc2c3ccnc(C(F)F)c3c(=O)n(C)c2c1. The van der Waals surface area contributed by atoms with E-state index in [0.717, 1.165) is 40.3 Å². The zero-order valence-corrected chi connectivity index (χ0v) is 33.5. The highest BCUT2D eigenvalue weighted by Crippen LogP contribution is 2.37. The number of hydrogen-bond acceptors (Lipinski definition) is 8. The molecule has 0 radical (unpaired) electrons. The Morgan fingerprint density at radius 2 is 1.31 bits per heavy atom. The first-order valence-electron chi connectivity index (χ1n) is 19.3. The molecule has 13 heteroatoms. The molecule has 2 atom stereocenters. The molecule has 0 amide bonds. The summed E-state index contributed by atoms with van der Waals surface area (Å²) in [5.74, 6) is 1.84. The van der Waals surface area contributed by atoms with Crippen molar-refractivity contribution in [1.82, 2.24) is 19.1 Å². The Bertz CT molecular complexity index is 2700.